The number of aromatic nitrogens is 4. The Morgan fingerprint density at radius 1 is 0.556 bits per heavy atom. The normalized spacial score (nSPS) is 12.0. The number of nitrogens with zero attached hydrogens (tertiary/aromatic N) is 5. The molecule has 1 aliphatic rings. The highest BCUT2D eigenvalue weighted by Crippen LogP contribution is 2.34. The fraction of sp³-hybridized carbons (Fsp3) is 0. The third-order valence-electron chi connectivity index (χ3n) is 8.64. The molecule has 0 fully saturated rings. The predicted molar refractivity (Wildman–Crippen MR) is 182 cm³/mol. The number of anilines is 3. The van der Waals surface area contributed by atoms with Gasteiger partial charge in [0.05, 0.1) is 11.7 Å². The Hall–Kier alpha value is -6.08. The van der Waals surface area contributed by atoms with Gasteiger partial charge in [-0.3, -0.25) is 14.9 Å². The van der Waals surface area contributed by atoms with Gasteiger partial charge in [0.15, 0.2) is 17.8 Å². The monoisotopic (exact) mass is 577 g/mol. The molecule has 1 aliphatic heterocycles. The lowest BCUT2D eigenvalue weighted by atomic mass is 9.35. The first kappa shape index (κ1) is 25.4. The quantitative estimate of drug-likeness (QED) is 0.210. The molecule has 0 aliphatic carbocycles. The van der Waals surface area contributed by atoms with Crippen molar-refractivity contribution in [3.8, 4) is 22.3 Å². The lowest BCUT2D eigenvalue weighted by Gasteiger charge is -2.27. The maximum absolute atomic E-state index is 5.49. The highest BCUT2D eigenvalue weighted by atomic mass is 16.3. The molecule has 3 aromatic heterocycles. The summed E-state index contributed by atoms with van der Waals surface area (Å²) in [5.74, 6) is 0.752. The van der Waals surface area contributed by atoms with E-state index in [4.69, 9.17) is 19.4 Å². The summed E-state index contributed by atoms with van der Waals surface area (Å²) < 4.78 is 5.49. The van der Waals surface area contributed by atoms with Crippen LogP contribution in [0.25, 0.3) is 44.3 Å². The average Bonchev–Trinajstić information content (AvgIpc) is 3.58. The van der Waals surface area contributed by atoms with E-state index < -0.39 is 0 Å². The molecule has 0 radical (unpaired) electrons. The summed E-state index contributed by atoms with van der Waals surface area (Å²) in [6.45, 7) is -0.125. The van der Waals surface area contributed by atoms with Gasteiger partial charge in [0.25, 0.3) is 6.71 Å². The van der Waals surface area contributed by atoms with Crippen LogP contribution in [-0.2, 0) is 0 Å². The SMILES string of the molecule is c1ccc(N(c2ccccc2)c2cnc(B3c4cc(-c5ccc6ocnc6c5)ccc4-c4ccnc5cccc3c45)cn2)cc1. The first-order valence-corrected chi connectivity index (χ1v) is 14.9. The number of benzene rings is 5. The van der Waals surface area contributed by atoms with Crippen molar-refractivity contribution in [3.63, 3.8) is 0 Å². The van der Waals surface area contributed by atoms with E-state index in [-0.39, 0.29) is 6.71 Å². The van der Waals surface area contributed by atoms with Crippen LogP contribution in [0.15, 0.2) is 151 Å². The Balaban J connectivity index is 1.21. The molecule has 0 unspecified atom stereocenters. The van der Waals surface area contributed by atoms with Crippen LogP contribution in [0.4, 0.5) is 17.2 Å². The minimum Gasteiger partial charge on any atom is -0.443 e. The number of oxazole rings is 1. The highest BCUT2D eigenvalue weighted by molar-refractivity contribution is 6.98. The van der Waals surface area contributed by atoms with E-state index in [1.807, 2.05) is 61.1 Å². The molecule has 6 nitrogen and oxygen atoms in total. The summed E-state index contributed by atoms with van der Waals surface area (Å²) in [6.07, 6.45) is 7.20. The van der Waals surface area contributed by atoms with E-state index in [2.05, 4.69) is 88.7 Å². The number of fused-ring (bicyclic) bond motifs is 3. The van der Waals surface area contributed by atoms with E-state index in [9.17, 15) is 0 Å². The maximum atomic E-state index is 5.49. The van der Waals surface area contributed by atoms with Crippen LogP contribution < -0.4 is 21.4 Å². The van der Waals surface area contributed by atoms with Gasteiger partial charge >= 0.3 is 0 Å². The Kier molecular flexibility index (Phi) is 5.81. The number of pyridine rings is 1. The molecule has 45 heavy (non-hydrogen) atoms. The lowest BCUT2D eigenvalue weighted by molar-refractivity contribution is 0.602. The Bertz CT molecular complexity index is 2290. The van der Waals surface area contributed by atoms with Crippen molar-refractivity contribution in [2.24, 2.45) is 0 Å². The molecule has 210 valence electrons. The number of para-hydroxylation sites is 2. The second kappa shape index (κ2) is 10.3. The van der Waals surface area contributed by atoms with Gasteiger partial charge in [0.2, 0.25) is 0 Å². The largest absolute Gasteiger partial charge is 0.443 e. The van der Waals surface area contributed by atoms with Gasteiger partial charge in [-0.25, -0.2) is 9.97 Å². The van der Waals surface area contributed by atoms with Crippen LogP contribution in [0.5, 0.6) is 0 Å². The smallest absolute Gasteiger partial charge is 0.268 e. The van der Waals surface area contributed by atoms with Crippen LogP contribution in [0.1, 0.15) is 0 Å². The zero-order valence-corrected chi connectivity index (χ0v) is 24.1. The fourth-order valence-corrected chi connectivity index (χ4v) is 6.61. The molecular weight excluding hydrogens is 553 g/mol. The standard InChI is InChI=1S/C38H24BN5O/c1-3-8-27(9-4-1)44(28-10-5-2-6-11-28)37-23-41-36(22-42-37)39-31-12-7-13-33-38(31)30(18-19-40-33)29-16-14-25(20-32(29)39)26-15-17-35-34(21-26)43-24-45-35/h1-24H. The van der Waals surface area contributed by atoms with Crippen LogP contribution in [0.3, 0.4) is 0 Å². The average molecular weight is 577 g/mol. The van der Waals surface area contributed by atoms with Gasteiger partial charge < -0.3 is 4.42 Å². The van der Waals surface area contributed by atoms with Gasteiger partial charge in [0.1, 0.15) is 5.52 Å². The minimum atomic E-state index is -0.125. The van der Waals surface area contributed by atoms with Crippen molar-refractivity contribution in [1.82, 2.24) is 19.9 Å². The molecule has 9 rings (SSSR count). The molecule has 8 aromatic rings. The number of rotatable bonds is 5. The molecule has 0 bridgehead atoms. The Morgan fingerprint density at radius 3 is 2.11 bits per heavy atom. The van der Waals surface area contributed by atoms with Crippen molar-refractivity contribution in [2.45, 2.75) is 0 Å². The number of hydrogen-bond acceptors (Lipinski definition) is 6. The minimum absolute atomic E-state index is 0.125. The molecule has 0 saturated heterocycles. The van der Waals surface area contributed by atoms with Gasteiger partial charge in [-0.1, -0.05) is 83.7 Å². The summed E-state index contributed by atoms with van der Waals surface area (Å²) in [4.78, 5) is 21.4. The van der Waals surface area contributed by atoms with Crippen LogP contribution in [0, 0.1) is 0 Å². The molecule has 7 heteroatoms. The topological polar surface area (TPSA) is 67.9 Å². The van der Waals surface area contributed by atoms with Crippen molar-refractivity contribution in [1.29, 1.82) is 0 Å². The van der Waals surface area contributed by atoms with Gasteiger partial charge in [-0.2, -0.15) is 0 Å². The van der Waals surface area contributed by atoms with Crippen LogP contribution in [-0.4, -0.2) is 26.6 Å². The van der Waals surface area contributed by atoms with Gasteiger partial charge in [0, 0.05) is 34.7 Å². The van der Waals surface area contributed by atoms with E-state index in [0.29, 0.717) is 0 Å². The highest BCUT2D eigenvalue weighted by Gasteiger charge is 2.34. The molecule has 0 saturated carbocycles. The predicted octanol–water partition coefficient (Wildman–Crippen LogP) is 6.80. The van der Waals surface area contributed by atoms with E-state index in [1.54, 1.807) is 0 Å². The fourth-order valence-electron chi connectivity index (χ4n) is 6.61. The van der Waals surface area contributed by atoms with Crippen molar-refractivity contribution in [2.75, 3.05) is 4.90 Å². The van der Waals surface area contributed by atoms with Gasteiger partial charge in [-0.15, -0.1) is 0 Å². The molecule has 0 N–H and O–H groups in total. The summed E-state index contributed by atoms with van der Waals surface area (Å²) in [6, 6.07) is 41.9. The summed E-state index contributed by atoms with van der Waals surface area (Å²) >= 11 is 0. The van der Waals surface area contributed by atoms with Crippen LogP contribution in [0.2, 0.25) is 0 Å². The third-order valence-corrected chi connectivity index (χ3v) is 8.64. The molecule has 0 amide bonds. The lowest BCUT2D eigenvalue weighted by Crippen LogP contribution is -2.56. The summed E-state index contributed by atoms with van der Waals surface area (Å²) in [5, 5.41) is 1.16. The molecule has 0 spiro atoms. The van der Waals surface area contributed by atoms with E-state index in [0.717, 1.165) is 55.9 Å². The second-order valence-corrected chi connectivity index (χ2v) is 11.2. The van der Waals surface area contributed by atoms with Gasteiger partial charge in [-0.05, 0) is 70.8 Å². The van der Waals surface area contributed by atoms with E-state index >= 15 is 0 Å². The van der Waals surface area contributed by atoms with Crippen LogP contribution >= 0.6 is 0 Å². The Labute approximate surface area is 259 Å². The molecular formula is C38H24BN5O. The number of hydrogen-bond donors (Lipinski definition) is 0. The summed E-state index contributed by atoms with van der Waals surface area (Å²) in [7, 11) is 0. The molecule has 5 aromatic carbocycles. The van der Waals surface area contributed by atoms with Crippen molar-refractivity contribution in [3.05, 3.63) is 146 Å². The van der Waals surface area contributed by atoms with Crippen molar-refractivity contribution >= 4 is 62.4 Å². The zero-order chi connectivity index (χ0) is 29.7. The Morgan fingerprint density at radius 2 is 1.33 bits per heavy atom. The third kappa shape index (κ3) is 4.20. The maximum Gasteiger partial charge on any atom is 0.268 e. The second-order valence-electron chi connectivity index (χ2n) is 11.2. The first-order valence-electron chi connectivity index (χ1n) is 14.9. The first-order chi connectivity index (χ1) is 22.3. The summed E-state index contributed by atoms with van der Waals surface area (Å²) in [5.41, 5.74) is 12.4. The van der Waals surface area contributed by atoms with E-state index in [1.165, 1.54) is 28.4 Å². The zero-order valence-electron chi connectivity index (χ0n) is 24.1. The molecule has 4 heterocycles. The molecule has 0 atom stereocenters. The van der Waals surface area contributed by atoms with Crippen molar-refractivity contribution < 1.29 is 4.42 Å².